The molecule has 0 fully saturated rings. The summed E-state index contributed by atoms with van der Waals surface area (Å²) in [5.41, 5.74) is 11.6. The fourth-order valence-electron chi connectivity index (χ4n) is 1.61. The fraction of sp³-hybridized carbons (Fsp3) is 0.385. The SMILES string of the molecule is COc1ccc(C(=O)N=C(N)N)cc1C(C)(C)C. The molecule has 1 aromatic carbocycles. The van der Waals surface area contributed by atoms with E-state index in [0.29, 0.717) is 5.56 Å². The standard InChI is InChI=1S/C13H19N3O2/c1-13(2,3)9-7-8(5-6-10(9)18-4)11(17)16-12(14)15/h5-7H,1-4H3,(H4,14,15,16,17). The number of carbonyl (C=O) groups excluding carboxylic acids is 1. The van der Waals surface area contributed by atoms with Crippen molar-refractivity contribution in [3.05, 3.63) is 29.3 Å². The summed E-state index contributed by atoms with van der Waals surface area (Å²) in [6, 6.07) is 5.15. The number of ether oxygens (including phenoxy) is 1. The Morgan fingerprint density at radius 2 is 1.89 bits per heavy atom. The molecule has 0 aliphatic rings. The zero-order chi connectivity index (χ0) is 13.9. The highest BCUT2D eigenvalue weighted by atomic mass is 16.5. The molecule has 1 aromatic rings. The summed E-state index contributed by atoms with van der Waals surface area (Å²) in [7, 11) is 1.60. The molecule has 0 atom stereocenters. The zero-order valence-electron chi connectivity index (χ0n) is 11.2. The van der Waals surface area contributed by atoms with E-state index in [-0.39, 0.29) is 11.4 Å². The van der Waals surface area contributed by atoms with Crippen LogP contribution in [0.15, 0.2) is 23.2 Å². The van der Waals surface area contributed by atoms with Crippen LogP contribution in [0.2, 0.25) is 0 Å². The molecule has 0 saturated carbocycles. The molecule has 0 spiro atoms. The van der Waals surface area contributed by atoms with Crippen molar-refractivity contribution in [2.45, 2.75) is 26.2 Å². The monoisotopic (exact) mass is 249 g/mol. The fourth-order valence-corrected chi connectivity index (χ4v) is 1.61. The third-order valence-electron chi connectivity index (χ3n) is 2.49. The molecule has 0 aliphatic heterocycles. The molecule has 18 heavy (non-hydrogen) atoms. The zero-order valence-corrected chi connectivity index (χ0v) is 11.2. The molecule has 0 heterocycles. The smallest absolute Gasteiger partial charge is 0.280 e. The highest BCUT2D eigenvalue weighted by molar-refractivity contribution is 6.02. The van der Waals surface area contributed by atoms with Crippen LogP contribution in [0.4, 0.5) is 0 Å². The third-order valence-corrected chi connectivity index (χ3v) is 2.49. The van der Waals surface area contributed by atoms with Gasteiger partial charge in [-0.05, 0) is 23.6 Å². The second-order valence-electron chi connectivity index (χ2n) is 5.01. The van der Waals surface area contributed by atoms with Crippen molar-refractivity contribution in [3.8, 4) is 5.75 Å². The number of guanidine groups is 1. The summed E-state index contributed by atoms with van der Waals surface area (Å²) >= 11 is 0. The summed E-state index contributed by atoms with van der Waals surface area (Å²) in [6.07, 6.45) is 0. The lowest BCUT2D eigenvalue weighted by Crippen LogP contribution is -2.24. The van der Waals surface area contributed by atoms with Crippen LogP contribution in [0.25, 0.3) is 0 Å². The molecule has 0 saturated heterocycles. The minimum absolute atomic E-state index is 0.139. The lowest BCUT2D eigenvalue weighted by Gasteiger charge is -2.22. The molecule has 0 unspecified atom stereocenters. The first-order valence-electron chi connectivity index (χ1n) is 5.58. The van der Waals surface area contributed by atoms with Crippen molar-refractivity contribution in [1.82, 2.24) is 0 Å². The van der Waals surface area contributed by atoms with E-state index < -0.39 is 5.91 Å². The van der Waals surface area contributed by atoms with Gasteiger partial charge in [-0.3, -0.25) is 4.79 Å². The molecular weight excluding hydrogens is 230 g/mol. The van der Waals surface area contributed by atoms with E-state index in [9.17, 15) is 4.79 Å². The van der Waals surface area contributed by atoms with E-state index in [1.54, 1.807) is 25.3 Å². The summed E-state index contributed by atoms with van der Waals surface area (Å²) in [6.45, 7) is 6.12. The van der Waals surface area contributed by atoms with Crippen LogP contribution >= 0.6 is 0 Å². The molecule has 0 aromatic heterocycles. The molecule has 1 amide bonds. The van der Waals surface area contributed by atoms with Gasteiger partial charge in [-0.2, -0.15) is 4.99 Å². The van der Waals surface area contributed by atoms with E-state index in [4.69, 9.17) is 16.2 Å². The molecule has 4 N–H and O–H groups in total. The van der Waals surface area contributed by atoms with Crippen molar-refractivity contribution in [2.75, 3.05) is 7.11 Å². The minimum Gasteiger partial charge on any atom is -0.496 e. The first kappa shape index (κ1) is 14.0. The summed E-state index contributed by atoms with van der Waals surface area (Å²) in [5, 5.41) is 0. The molecule has 1 rings (SSSR count). The van der Waals surface area contributed by atoms with Crippen LogP contribution in [-0.2, 0) is 5.41 Å². The Balaban J connectivity index is 3.27. The second kappa shape index (κ2) is 5.08. The summed E-state index contributed by atoms with van der Waals surface area (Å²) in [4.78, 5) is 15.3. The predicted octanol–water partition coefficient (Wildman–Crippen LogP) is 1.41. The van der Waals surface area contributed by atoms with Crippen molar-refractivity contribution in [3.63, 3.8) is 0 Å². The number of methoxy groups -OCH3 is 1. The predicted molar refractivity (Wildman–Crippen MR) is 71.8 cm³/mol. The van der Waals surface area contributed by atoms with Gasteiger partial charge >= 0.3 is 0 Å². The van der Waals surface area contributed by atoms with Crippen molar-refractivity contribution in [2.24, 2.45) is 16.5 Å². The van der Waals surface area contributed by atoms with E-state index in [2.05, 4.69) is 4.99 Å². The average molecular weight is 249 g/mol. The number of benzene rings is 1. The first-order chi connectivity index (χ1) is 8.25. The molecule has 5 nitrogen and oxygen atoms in total. The number of carbonyl (C=O) groups is 1. The van der Waals surface area contributed by atoms with Gasteiger partial charge in [0.15, 0.2) is 5.96 Å². The highest BCUT2D eigenvalue weighted by Gasteiger charge is 2.20. The number of nitrogens with two attached hydrogens (primary N) is 2. The normalized spacial score (nSPS) is 10.9. The molecule has 0 radical (unpaired) electrons. The van der Waals surface area contributed by atoms with Crippen LogP contribution < -0.4 is 16.2 Å². The number of hydrogen-bond donors (Lipinski definition) is 2. The van der Waals surface area contributed by atoms with Crippen molar-refractivity contribution >= 4 is 11.9 Å². The Morgan fingerprint density at radius 1 is 1.28 bits per heavy atom. The quantitative estimate of drug-likeness (QED) is 0.612. The summed E-state index contributed by atoms with van der Waals surface area (Å²) < 4.78 is 5.29. The number of aliphatic imine (C=N–C) groups is 1. The molecular formula is C13H19N3O2. The van der Waals surface area contributed by atoms with E-state index in [0.717, 1.165) is 11.3 Å². The van der Waals surface area contributed by atoms with Gasteiger partial charge in [0.2, 0.25) is 0 Å². The maximum atomic E-state index is 11.7. The topological polar surface area (TPSA) is 90.7 Å². The van der Waals surface area contributed by atoms with E-state index >= 15 is 0 Å². The molecule has 0 aliphatic carbocycles. The van der Waals surface area contributed by atoms with Crippen LogP contribution in [-0.4, -0.2) is 19.0 Å². The van der Waals surface area contributed by atoms with Gasteiger partial charge < -0.3 is 16.2 Å². The highest BCUT2D eigenvalue weighted by Crippen LogP contribution is 2.32. The maximum absolute atomic E-state index is 11.7. The number of rotatable bonds is 2. The van der Waals surface area contributed by atoms with Gasteiger partial charge in [-0.15, -0.1) is 0 Å². The van der Waals surface area contributed by atoms with Crippen molar-refractivity contribution in [1.29, 1.82) is 0 Å². The molecule has 0 bridgehead atoms. The van der Waals surface area contributed by atoms with E-state index in [1.165, 1.54) is 0 Å². The molecule has 98 valence electrons. The Hall–Kier alpha value is -2.04. The van der Waals surface area contributed by atoms with Crippen LogP contribution in [0.5, 0.6) is 5.75 Å². The Kier molecular flexibility index (Phi) is 3.96. The van der Waals surface area contributed by atoms with Gasteiger partial charge in [0.25, 0.3) is 5.91 Å². The van der Waals surface area contributed by atoms with Gasteiger partial charge in [0.05, 0.1) is 7.11 Å². The number of hydrogen-bond acceptors (Lipinski definition) is 2. The lowest BCUT2D eigenvalue weighted by molar-refractivity contribution is 0.100. The second-order valence-corrected chi connectivity index (χ2v) is 5.01. The minimum atomic E-state index is -0.455. The van der Waals surface area contributed by atoms with Crippen LogP contribution in [0, 0.1) is 0 Å². The number of amides is 1. The maximum Gasteiger partial charge on any atom is 0.280 e. The lowest BCUT2D eigenvalue weighted by atomic mass is 9.85. The van der Waals surface area contributed by atoms with Crippen LogP contribution in [0.3, 0.4) is 0 Å². The largest absolute Gasteiger partial charge is 0.496 e. The van der Waals surface area contributed by atoms with Gasteiger partial charge in [-0.25, -0.2) is 0 Å². The molecule has 5 heteroatoms. The first-order valence-corrected chi connectivity index (χ1v) is 5.58. The Labute approximate surface area is 107 Å². The van der Waals surface area contributed by atoms with Crippen molar-refractivity contribution < 1.29 is 9.53 Å². The average Bonchev–Trinajstić information content (AvgIpc) is 2.26. The third kappa shape index (κ3) is 3.23. The van der Waals surface area contributed by atoms with E-state index in [1.807, 2.05) is 20.8 Å². The van der Waals surface area contributed by atoms with Crippen LogP contribution in [0.1, 0.15) is 36.7 Å². The van der Waals surface area contributed by atoms with Gasteiger partial charge in [0.1, 0.15) is 5.75 Å². The Bertz CT molecular complexity index is 483. The van der Waals surface area contributed by atoms with Gasteiger partial charge in [0, 0.05) is 11.1 Å². The number of nitrogens with zero attached hydrogens (tertiary/aromatic N) is 1. The Morgan fingerprint density at radius 3 is 2.33 bits per heavy atom. The summed E-state index contributed by atoms with van der Waals surface area (Å²) in [5.74, 6) is 0.0417. The van der Waals surface area contributed by atoms with Gasteiger partial charge in [-0.1, -0.05) is 20.8 Å².